The van der Waals surface area contributed by atoms with Gasteiger partial charge in [0, 0.05) is 23.5 Å². The fourth-order valence-electron chi connectivity index (χ4n) is 7.07. The topological polar surface area (TPSA) is 142 Å². The van der Waals surface area contributed by atoms with Crippen LogP contribution in [0.25, 0.3) is 11.3 Å². The van der Waals surface area contributed by atoms with Crippen molar-refractivity contribution in [3.8, 4) is 11.3 Å². The molecule has 4 aliphatic rings. The van der Waals surface area contributed by atoms with Gasteiger partial charge in [0.25, 0.3) is 5.82 Å². The van der Waals surface area contributed by atoms with Gasteiger partial charge in [-0.15, -0.1) is 0 Å². The van der Waals surface area contributed by atoms with E-state index in [0.717, 1.165) is 49.1 Å². The molecule has 3 N–H and O–H groups in total. The summed E-state index contributed by atoms with van der Waals surface area (Å²) in [6.07, 6.45) is 6.44. The summed E-state index contributed by atoms with van der Waals surface area (Å²) in [6, 6.07) is 1.99. The number of carboxylic acid groups (broad SMARTS) is 1. The van der Waals surface area contributed by atoms with Crippen LogP contribution in [0.1, 0.15) is 60.3 Å². The van der Waals surface area contributed by atoms with Gasteiger partial charge in [0.1, 0.15) is 5.82 Å². The van der Waals surface area contributed by atoms with Gasteiger partial charge < -0.3 is 19.6 Å². The van der Waals surface area contributed by atoms with Crippen molar-refractivity contribution in [3.63, 3.8) is 0 Å². The van der Waals surface area contributed by atoms with E-state index in [4.69, 9.17) is 4.52 Å². The zero-order valence-corrected chi connectivity index (χ0v) is 17.7. The quantitative estimate of drug-likeness (QED) is 0.524. The minimum absolute atomic E-state index is 0.0570. The SMILES string of the molecule is C=Nc1[nH]ccc1-c1c(C)[nH]c(=O)n1C1C2CC3CC1CC(c1nc(C(=O)O)no1)(C3)C2. The Balaban J connectivity index is 1.43. The van der Waals surface area contributed by atoms with Gasteiger partial charge in [-0.05, 0) is 74.7 Å². The van der Waals surface area contributed by atoms with Gasteiger partial charge in [-0.1, -0.05) is 0 Å². The van der Waals surface area contributed by atoms with Crippen LogP contribution in [0.5, 0.6) is 0 Å². The molecule has 0 aromatic carbocycles. The van der Waals surface area contributed by atoms with Gasteiger partial charge in [0.05, 0.1) is 11.1 Å². The van der Waals surface area contributed by atoms with Gasteiger partial charge in [-0.25, -0.2) is 14.6 Å². The van der Waals surface area contributed by atoms with Crippen LogP contribution < -0.4 is 5.69 Å². The number of hydrogen-bond donors (Lipinski definition) is 3. The number of H-pyrrole nitrogens is 2. The summed E-state index contributed by atoms with van der Waals surface area (Å²) in [5, 5.41) is 12.9. The van der Waals surface area contributed by atoms with Crippen LogP contribution in [0, 0.1) is 24.7 Å². The van der Waals surface area contributed by atoms with Crippen LogP contribution in [-0.4, -0.2) is 42.5 Å². The standard InChI is InChI=1S/C22H24N6O4/c1-10-15(14-3-4-24-17(14)23-2)28(21(31)25-10)16-12-5-11-6-13(16)9-22(7-11,8-12)20-26-18(19(29)30)27-32-20/h3-4,11-13,16,24H,2,5-9H2,1H3,(H,25,31)(H,29,30). The van der Waals surface area contributed by atoms with E-state index in [1.54, 1.807) is 0 Å². The Labute approximate surface area is 182 Å². The molecule has 3 aromatic rings. The molecule has 2 atom stereocenters. The molecule has 4 fully saturated rings. The van der Waals surface area contributed by atoms with Crippen molar-refractivity contribution in [2.75, 3.05) is 0 Å². The molecular weight excluding hydrogens is 412 g/mol. The van der Waals surface area contributed by atoms with Crippen molar-refractivity contribution in [1.82, 2.24) is 24.7 Å². The maximum Gasteiger partial charge on any atom is 0.377 e. The van der Waals surface area contributed by atoms with Crippen molar-refractivity contribution in [1.29, 1.82) is 0 Å². The molecule has 0 radical (unpaired) electrons. The molecule has 7 rings (SSSR count). The molecule has 32 heavy (non-hydrogen) atoms. The third kappa shape index (κ3) is 2.55. The summed E-state index contributed by atoms with van der Waals surface area (Å²) in [6.45, 7) is 5.57. The van der Waals surface area contributed by atoms with Crippen LogP contribution >= 0.6 is 0 Å². The third-order valence-electron chi connectivity index (χ3n) is 7.84. The Morgan fingerprint density at radius 2 is 2.09 bits per heavy atom. The fraction of sp³-hybridized carbons (Fsp3) is 0.500. The molecule has 2 unspecified atom stereocenters. The first-order valence-corrected chi connectivity index (χ1v) is 10.9. The molecule has 4 bridgehead atoms. The van der Waals surface area contributed by atoms with E-state index in [1.807, 2.05) is 23.8 Å². The maximum atomic E-state index is 13.2. The van der Waals surface area contributed by atoms with Crippen molar-refractivity contribution in [2.24, 2.45) is 22.7 Å². The highest BCUT2D eigenvalue weighted by atomic mass is 16.5. The van der Waals surface area contributed by atoms with E-state index in [9.17, 15) is 14.7 Å². The summed E-state index contributed by atoms with van der Waals surface area (Å²) in [5.41, 5.74) is 2.13. The Morgan fingerprint density at radius 3 is 2.75 bits per heavy atom. The minimum Gasteiger partial charge on any atom is -0.475 e. The average molecular weight is 436 g/mol. The first-order chi connectivity index (χ1) is 15.4. The molecule has 0 aliphatic heterocycles. The molecule has 0 saturated heterocycles. The Hall–Kier alpha value is -3.43. The van der Waals surface area contributed by atoms with Gasteiger partial charge in [-0.2, -0.15) is 4.98 Å². The summed E-state index contributed by atoms with van der Waals surface area (Å²) in [7, 11) is 0. The second kappa shape index (κ2) is 6.54. The fourth-order valence-corrected chi connectivity index (χ4v) is 7.07. The zero-order valence-electron chi connectivity index (χ0n) is 17.7. The normalized spacial score (nSPS) is 30.7. The molecule has 166 valence electrons. The average Bonchev–Trinajstić information content (AvgIpc) is 3.46. The number of aryl methyl sites for hydroxylation is 1. The van der Waals surface area contributed by atoms with Crippen LogP contribution in [0.15, 0.2) is 26.6 Å². The molecule has 10 heteroatoms. The Kier molecular flexibility index (Phi) is 3.94. The van der Waals surface area contributed by atoms with E-state index >= 15 is 0 Å². The van der Waals surface area contributed by atoms with E-state index in [2.05, 4.69) is 31.8 Å². The number of nitrogens with one attached hydrogen (secondary N) is 2. The molecule has 4 saturated carbocycles. The molecule has 3 aromatic heterocycles. The minimum atomic E-state index is -1.18. The largest absolute Gasteiger partial charge is 0.475 e. The number of hydrogen-bond acceptors (Lipinski definition) is 6. The van der Waals surface area contributed by atoms with Gasteiger partial charge in [0.15, 0.2) is 0 Å². The number of carboxylic acids is 1. The Bertz CT molecular complexity index is 1280. The van der Waals surface area contributed by atoms with E-state index in [0.29, 0.717) is 17.6 Å². The molecule has 10 nitrogen and oxygen atoms in total. The predicted octanol–water partition coefficient (Wildman–Crippen LogP) is 3.21. The van der Waals surface area contributed by atoms with Gasteiger partial charge in [0.2, 0.25) is 5.89 Å². The number of aromatic nitrogens is 5. The summed E-state index contributed by atoms with van der Waals surface area (Å²) in [4.78, 5) is 38.8. The number of aromatic carboxylic acids is 1. The van der Waals surface area contributed by atoms with Crippen LogP contribution in [0.2, 0.25) is 0 Å². The smallest absolute Gasteiger partial charge is 0.377 e. The number of nitrogens with zero attached hydrogens (tertiary/aromatic N) is 4. The van der Waals surface area contributed by atoms with Crippen molar-refractivity contribution in [3.05, 3.63) is 40.2 Å². The third-order valence-corrected chi connectivity index (χ3v) is 7.84. The summed E-state index contributed by atoms with van der Waals surface area (Å²) >= 11 is 0. The zero-order chi connectivity index (χ0) is 22.2. The van der Waals surface area contributed by atoms with Crippen molar-refractivity contribution in [2.45, 2.75) is 50.5 Å². The van der Waals surface area contributed by atoms with Crippen LogP contribution in [0.4, 0.5) is 5.82 Å². The van der Waals surface area contributed by atoms with E-state index in [1.165, 1.54) is 0 Å². The second-order valence-electron chi connectivity index (χ2n) is 9.64. The van der Waals surface area contributed by atoms with Crippen molar-refractivity contribution < 1.29 is 14.4 Å². The number of imidazole rings is 1. The number of aromatic amines is 2. The van der Waals surface area contributed by atoms with Gasteiger partial charge >= 0.3 is 11.7 Å². The van der Waals surface area contributed by atoms with E-state index in [-0.39, 0.29) is 34.8 Å². The first-order valence-electron chi connectivity index (χ1n) is 10.9. The van der Waals surface area contributed by atoms with E-state index < -0.39 is 5.97 Å². The lowest BCUT2D eigenvalue weighted by atomic mass is 9.47. The highest BCUT2D eigenvalue weighted by molar-refractivity contribution is 5.82. The lowest BCUT2D eigenvalue weighted by molar-refractivity contribution is -0.0607. The summed E-state index contributed by atoms with van der Waals surface area (Å²) in [5.74, 6) is 0.673. The summed E-state index contributed by atoms with van der Waals surface area (Å²) < 4.78 is 7.39. The lowest BCUT2D eigenvalue weighted by Crippen LogP contribution is -2.54. The lowest BCUT2D eigenvalue weighted by Gasteiger charge is -2.58. The monoisotopic (exact) mass is 436 g/mol. The highest BCUT2D eigenvalue weighted by Crippen LogP contribution is 2.64. The first kappa shape index (κ1) is 19.3. The van der Waals surface area contributed by atoms with Crippen LogP contribution in [0.3, 0.4) is 0 Å². The molecular formula is C22H24N6O4. The number of rotatable bonds is 5. The molecule has 3 heterocycles. The predicted molar refractivity (Wildman–Crippen MR) is 114 cm³/mol. The Morgan fingerprint density at radius 1 is 1.34 bits per heavy atom. The van der Waals surface area contributed by atoms with Gasteiger partial charge in [-0.3, -0.25) is 4.57 Å². The van der Waals surface area contributed by atoms with Crippen molar-refractivity contribution >= 4 is 18.5 Å². The number of aliphatic imine (C=N–C) groups is 1. The second-order valence-corrected chi connectivity index (χ2v) is 9.64. The molecule has 0 spiro atoms. The molecule has 4 aliphatic carbocycles. The number of carbonyl (C=O) groups is 1. The maximum absolute atomic E-state index is 13.2. The highest BCUT2D eigenvalue weighted by Gasteiger charge is 2.59. The van der Waals surface area contributed by atoms with Crippen LogP contribution in [-0.2, 0) is 5.41 Å². The molecule has 0 amide bonds.